The molecule has 2 aromatic heterocycles. The summed E-state index contributed by atoms with van der Waals surface area (Å²) in [5.74, 6) is 0.623. The first-order valence-electron chi connectivity index (χ1n) is 21.9. The number of hydrogen-bond donors (Lipinski definition) is 1. The van der Waals surface area contributed by atoms with Crippen molar-refractivity contribution in [2.45, 2.75) is 20.7 Å². The van der Waals surface area contributed by atoms with E-state index < -0.39 is 6.85 Å². The summed E-state index contributed by atoms with van der Waals surface area (Å²) in [6.45, 7) is 1.47. The van der Waals surface area contributed by atoms with Crippen LogP contribution in [0.1, 0.15) is 20.8 Å². The van der Waals surface area contributed by atoms with Crippen LogP contribution >= 0.6 is 0 Å². The second-order valence-corrected chi connectivity index (χ2v) is 15.6. The zero-order chi connectivity index (χ0) is 44.0. The van der Waals surface area contributed by atoms with Gasteiger partial charge in [0.15, 0.2) is 0 Å². The molecule has 0 fully saturated rings. The molecule has 0 saturated carbocycles. The molecule has 292 valence electrons. The van der Waals surface area contributed by atoms with Crippen LogP contribution in [0.5, 0.6) is 5.75 Å². The van der Waals surface area contributed by atoms with E-state index in [1.54, 1.807) is 6.07 Å². The minimum Gasteiger partial charge on any atom is -0.507 e. The lowest BCUT2D eigenvalue weighted by Crippen LogP contribution is -2.00. The van der Waals surface area contributed by atoms with Gasteiger partial charge in [-0.15, -0.1) is 0 Å². The van der Waals surface area contributed by atoms with Crippen molar-refractivity contribution in [2.75, 3.05) is 0 Å². The normalized spacial score (nSPS) is 12.2. The number of aromatic nitrogens is 3. The van der Waals surface area contributed by atoms with Crippen LogP contribution in [0.4, 0.5) is 0 Å². The Labute approximate surface area is 361 Å². The van der Waals surface area contributed by atoms with Gasteiger partial charge in [-0.05, 0) is 142 Å². The van der Waals surface area contributed by atoms with Crippen molar-refractivity contribution in [1.82, 2.24) is 14.5 Å². The van der Waals surface area contributed by atoms with E-state index in [9.17, 15) is 5.11 Å². The first-order valence-corrected chi connectivity index (χ1v) is 20.4. The van der Waals surface area contributed by atoms with Gasteiger partial charge in [-0.25, -0.2) is 4.98 Å². The van der Waals surface area contributed by atoms with Crippen LogP contribution in [0, 0.1) is 20.7 Å². The lowest BCUT2D eigenvalue weighted by atomic mass is 9.93. The third-order valence-corrected chi connectivity index (χ3v) is 11.4. The molecule has 1 N–H and O–H groups in total. The molecule has 0 aliphatic carbocycles. The van der Waals surface area contributed by atoms with E-state index in [-0.39, 0.29) is 11.3 Å². The number of nitrogens with zero attached hydrogens (tertiary/aromatic N) is 3. The summed E-state index contributed by atoms with van der Waals surface area (Å²) >= 11 is 0. The number of phenolic OH excluding ortho intramolecular Hbond substituents is 1. The quantitative estimate of drug-likeness (QED) is 0.167. The highest BCUT2D eigenvalue weighted by Gasteiger charge is 2.22. The fraction of sp³-hybridized carbons (Fsp3) is 0.0526. The molecule has 8 aromatic carbocycles. The fourth-order valence-electron chi connectivity index (χ4n) is 8.43. The van der Waals surface area contributed by atoms with E-state index in [1.165, 1.54) is 5.56 Å². The van der Waals surface area contributed by atoms with Crippen molar-refractivity contribution in [2.24, 2.45) is 0 Å². The van der Waals surface area contributed by atoms with E-state index in [0.717, 1.165) is 72.4 Å². The van der Waals surface area contributed by atoms with Crippen molar-refractivity contribution in [3.63, 3.8) is 0 Å². The molecule has 0 atom stereocenters. The lowest BCUT2D eigenvalue weighted by molar-refractivity contribution is 0.472. The largest absolute Gasteiger partial charge is 0.507 e. The molecule has 0 aliphatic heterocycles. The fourth-order valence-corrected chi connectivity index (χ4v) is 8.43. The number of benzene rings is 8. The van der Waals surface area contributed by atoms with Gasteiger partial charge in [0.2, 0.25) is 0 Å². The second-order valence-electron chi connectivity index (χ2n) is 15.6. The number of hydrogen-bond acceptors (Lipinski definition) is 3. The molecule has 0 unspecified atom stereocenters. The molecule has 4 heteroatoms. The molecule has 0 bridgehead atoms. The Morgan fingerprint density at radius 1 is 0.459 bits per heavy atom. The van der Waals surface area contributed by atoms with Gasteiger partial charge in [-0.2, -0.15) is 0 Å². The van der Waals surface area contributed by atoms with Crippen LogP contribution in [-0.2, 0) is 0 Å². The lowest BCUT2D eigenvalue weighted by Gasteiger charge is -2.15. The van der Waals surface area contributed by atoms with Gasteiger partial charge in [0.05, 0.1) is 22.3 Å². The summed E-state index contributed by atoms with van der Waals surface area (Å²) in [6, 6.07) is 65.2. The van der Waals surface area contributed by atoms with Gasteiger partial charge < -0.3 is 5.11 Å². The molecule has 0 saturated heterocycles. The molecular weight excluding hydrogens is 743 g/mol. The summed E-state index contributed by atoms with van der Waals surface area (Å²) in [7, 11) is 0. The molecular formula is C57H43N3O. The maximum Gasteiger partial charge on any atom is 0.149 e. The van der Waals surface area contributed by atoms with E-state index in [1.807, 2.05) is 122 Å². The summed E-state index contributed by atoms with van der Waals surface area (Å²) < 4.78 is 27.9. The Bertz CT molecular complexity index is 3320. The van der Waals surface area contributed by atoms with Gasteiger partial charge in [-0.3, -0.25) is 9.55 Å². The number of phenols is 1. The maximum absolute atomic E-state index is 11.7. The van der Waals surface area contributed by atoms with Gasteiger partial charge in [0.1, 0.15) is 11.6 Å². The number of rotatable bonds is 8. The van der Waals surface area contributed by atoms with Crippen LogP contribution in [0.15, 0.2) is 200 Å². The number of aryl methyl sites for hydroxylation is 3. The summed E-state index contributed by atoms with van der Waals surface area (Å²) in [6.07, 6.45) is 1.87. The molecule has 0 radical (unpaired) electrons. The zero-order valence-corrected chi connectivity index (χ0v) is 33.8. The smallest absolute Gasteiger partial charge is 0.149 e. The van der Waals surface area contributed by atoms with Crippen LogP contribution in [0.3, 0.4) is 0 Å². The molecule has 0 amide bonds. The Kier molecular flexibility index (Phi) is 8.80. The van der Waals surface area contributed by atoms with Crippen LogP contribution in [0.25, 0.3) is 95.0 Å². The molecule has 61 heavy (non-hydrogen) atoms. The predicted molar refractivity (Wildman–Crippen MR) is 253 cm³/mol. The SMILES string of the molecule is [2H]C([2H])([2H])c1cc(-n2c(-c3cc(C)cc(C)c3O)nc3c(-c4cc(-c5ccccc5)cc(-c5cc(-c6ccc(-c7ccccc7)cc6)ccn5)c4)cccc32)ccc1-c1ccccc1. The van der Waals surface area contributed by atoms with Crippen molar-refractivity contribution >= 4 is 11.0 Å². The third kappa shape index (κ3) is 7.19. The Balaban J connectivity index is 1.17. The molecule has 4 nitrogen and oxygen atoms in total. The van der Waals surface area contributed by atoms with Crippen LogP contribution in [-0.4, -0.2) is 19.6 Å². The predicted octanol–water partition coefficient (Wildman–Crippen LogP) is 14.7. The number of imidazole rings is 1. The summed E-state index contributed by atoms with van der Waals surface area (Å²) in [5, 5.41) is 11.7. The highest BCUT2D eigenvalue weighted by Crippen LogP contribution is 2.41. The van der Waals surface area contributed by atoms with Gasteiger partial charge >= 0.3 is 0 Å². The van der Waals surface area contributed by atoms with Gasteiger partial charge in [0, 0.05) is 27.1 Å². The third-order valence-electron chi connectivity index (χ3n) is 11.4. The standard InChI is InChI=1S/C57H43N3O/c1-37-30-39(3)56(61)52(31-37)57-59-55-51(20-13-21-54(55)60(57)49-26-27-50(38(2)32-49)44-18-11-6-12-19-44)47-33-46(41-16-9-5-10-17-41)34-48(35-47)53-36-45(28-29-58-53)43-24-22-42(23-25-43)40-14-7-4-8-15-40/h4-36,61H,1-3H3/i2D3. The molecule has 2 heterocycles. The van der Waals surface area contributed by atoms with Crippen molar-refractivity contribution in [1.29, 1.82) is 0 Å². The number of pyridine rings is 1. The Morgan fingerprint density at radius 2 is 1.08 bits per heavy atom. The maximum atomic E-state index is 11.7. The average molecular weight is 789 g/mol. The van der Waals surface area contributed by atoms with Crippen molar-refractivity contribution < 1.29 is 9.22 Å². The second kappa shape index (κ2) is 15.7. The Morgan fingerprint density at radius 3 is 1.79 bits per heavy atom. The highest BCUT2D eigenvalue weighted by molar-refractivity contribution is 5.98. The first kappa shape index (κ1) is 34.1. The summed E-state index contributed by atoms with van der Waals surface area (Å²) in [4.78, 5) is 10.3. The zero-order valence-electron chi connectivity index (χ0n) is 36.8. The number of fused-ring (bicyclic) bond motifs is 1. The number of aromatic hydroxyl groups is 1. The molecule has 10 aromatic rings. The summed E-state index contributed by atoms with van der Waals surface area (Å²) in [5.41, 5.74) is 16.2. The molecule has 0 aliphatic rings. The van der Waals surface area contributed by atoms with Crippen molar-refractivity contribution in [3.8, 4) is 89.7 Å². The minimum absolute atomic E-state index is 0.120. The van der Waals surface area contributed by atoms with Gasteiger partial charge in [0.25, 0.3) is 0 Å². The Hall–Kier alpha value is -7.82. The van der Waals surface area contributed by atoms with Gasteiger partial charge in [-0.1, -0.05) is 140 Å². The molecule has 10 rings (SSSR count). The number of para-hydroxylation sites is 1. The van der Waals surface area contributed by atoms with Crippen LogP contribution < -0.4 is 0 Å². The van der Waals surface area contributed by atoms with Crippen LogP contribution in [0.2, 0.25) is 0 Å². The first-order chi connectivity index (χ1) is 31.1. The monoisotopic (exact) mass is 788 g/mol. The average Bonchev–Trinajstić information content (AvgIpc) is 3.73. The van der Waals surface area contributed by atoms with Crippen molar-refractivity contribution in [3.05, 3.63) is 217 Å². The van der Waals surface area contributed by atoms with E-state index in [2.05, 4.69) is 91.0 Å². The van der Waals surface area contributed by atoms with E-state index in [0.29, 0.717) is 28.2 Å². The topological polar surface area (TPSA) is 50.9 Å². The molecule has 0 spiro atoms. The van der Waals surface area contributed by atoms with E-state index >= 15 is 0 Å². The minimum atomic E-state index is -2.41. The highest BCUT2D eigenvalue weighted by atomic mass is 16.3. The van der Waals surface area contributed by atoms with E-state index in [4.69, 9.17) is 14.1 Å².